The summed E-state index contributed by atoms with van der Waals surface area (Å²) in [6.07, 6.45) is 6.52. The first-order chi connectivity index (χ1) is 9.61. The van der Waals surface area contributed by atoms with Crippen molar-refractivity contribution in [2.45, 2.75) is 74.8 Å². The maximum Gasteiger partial charge on any atom is 0.309 e. The maximum absolute atomic E-state index is 12.4. The average molecular weight is 296 g/mol. The summed E-state index contributed by atoms with van der Waals surface area (Å²) in [6.45, 7) is 4.36. The van der Waals surface area contributed by atoms with Gasteiger partial charge in [0.2, 0.25) is 0 Å². The lowest BCUT2D eigenvalue weighted by Crippen LogP contribution is -2.36. The van der Waals surface area contributed by atoms with Crippen molar-refractivity contribution >= 4 is 17.7 Å². The number of esters is 1. The molecule has 20 heavy (non-hydrogen) atoms. The molecule has 4 aliphatic rings. The normalized spacial score (nSPS) is 50.6. The van der Waals surface area contributed by atoms with Crippen LogP contribution in [0.25, 0.3) is 0 Å². The van der Waals surface area contributed by atoms with Gasteiger partial charge in [0.15, 0.2) is 0 Å². The topological polar surface area (TPSA) is 38.8 Å². The summed E-state index contributed by atoms with van der Waals surface area (Å²) in [6, 6.07) is 0. The summed E-state index contributed by atoms with van der Waals surface area (Å²) < 4.78 is 11.5. The van der Waals surface area contributed by atoms with Crippen molar-refractivity contribution in [3.63, 3.8) is 0 Å². The summed E-state index contributed by atoms with van der Waals surface area (Å²) in [4.78, 5) is 12.4. The fraction of sp³-hybridized carbons (Fsp3) is 0.938. The average Bonchev–Trinajstić information content (AvgIpc) is 3.30. The first kappa shape index (κ1) is 13.4. The van der Waals surface area contributed by atoms with Crippen LogP contribution in [0.2, 0.25) is 0 Å². The Balaban J connectivity index is 1.32. The molecule has 8 atom stereocenters. The number of fused-ring (bicyclic) bond motifs is 2. The predicted octanol–water partition coefficient (Wildman–Crippen LogP) is 3.02. The summed E-state index contributed by atoms with van der Waals surface area (Å²) in [5, 5.41) is 1.62. The van der Waals surface area contributed by atoms with Gasteiger partial charge in [0.05, 0.1) is 18.1 Å². The molecule has 0 aromatic heterocycles. The van der Waals surface area contributed by atoms with Gasteiger partial charge in [0, 0.05) is 16.4 Å². The standard InChI is InChI=1S/C16H24O3S/c1-8-5-12-13(19-12)7-11(8)9(2)18-16(17)10-3-4-14-15(6-10)20-14/h8-15H,3-7H2,1-2H3. The summed E-state index contributed by atoms with van der Waals surface area (Å²) in [7, 11) is 0. The Hall–Kier alpha value is -0.220. The van der Waals surface area contributed by atoms with Crippen molar-refractivity contribution in [3.05, 3.63) is 0 Å². The van der Waals surface area contributed by atoms with Crippen molar-refractivity contribution < 1.29 is 14.3 Å². The number of hydrogen-bond donors (Lipinski definition) is 0. The van der Waals surface area contributed by atoms with Gasteiger partial charge in [0.1, 0.15) is 6.10 Å². The molecule has 4 rings (SSSR count). The van der Waals surface area contributed by atoms with E-state index in [-0.39, 0.29) is 18.0 Å². The minimum atomic E-state index is 0.0484. The monoisotopic (exact) mass is 296 g/mol. The zero-order valence-electron chi connectivity index (χ0n) is 12.3. The highest BCUT2D eigenvalue weighted by Crippen LogP contribution is 2.52. The fourth-order valence-electron chi connectivity index (χ4n) is 4.27. The van der Waals surface area contributed by atoms with Gasteiger partial charge in [-0.2, -0.15) is 11.8 Å². The third-order valence-electron chi connectivity index (χ3n) is 5.77. The van der Waals surface area contributed by atoms with Crippen molar-refractivity contribution in [1.82, 2.24) is 0 Å². The predicted molar refractivity (Wildman–Crippen MR) is 78.6 cm³/mol. The zero-order valence-corrected chi connectivity index (χ0v) is 13.1. The number of rotatable bonds is 3. The van der Waals surface area contributed by atoms with Gasteiger partial charge in [-0.15, -0.1) is 0 Å². The molecule has 4 fully saturated rings. The van der Waals surface area contributed by atoms with E-state index in [1.165, 1.54) is 6.42 Å². The zero-order chi connectivity index (χ0) is 13.9. The first-order valence-corrected chi connectivity index (χ1v) is 9.07. The largest absolute Gasteiger partial charge is 0.462 e. The summed E-state index contributed by atoms with van der Waals surface area (Å²) in [5.74, 6) is 1.32. The van der Waals surface area contributed by atoms with Crippen molar-refractivity contribution in [2.75, 3.05) is 0 Å². The Morgan fingerprint density at radius 2 is 2.00 bits per heavy atom. The van der Waals surface area contributed by atoms with Crippen molar-refractivity contribution in [1.29, 1.82) is 0 Å². The Kier molecular flexibility index (Phi) is 3.30. The minimum Gasteiger partial charge on any atom is -0.462 e. The molecule has 0 radical (unpaired) electrons. The highest BCUT2D eigenvalue weighted by atomic mass is 32.2. The molecule has 112 valence electrons. The molecule has 3 nitrogen and oxygen atoms in total. The fourth-order valence-corrected chi connectivity index (χ4v) is 5.50. The van der Waals surface area contributed by atoms with Crippen LogP contribution in [0.4, 0.5) is 0 Å². The van der Waals surface area contributed by atoms with E-state index >= 15 is 0 Å². The molecule has 2 aliphatic heterocycles. The highest BCUT2D eigenvalue weighted by Gasteiger charge is 2.49. The van der Waals surface area contributed by atoms with E-state index < -0.39 is 0 Å². The second kappa shape index (κ2) is 4.91. The van der Waals surface area contributed by atoms with Crippen LogP contribution in [-0.2, 0) is 14.3 Å². The van der Waals surface area contributed by atoms with Gasteiger partial charge in [-0.05, 0) is 44.9 Å². The van der Waals surface area contributed by atoms with Crippen LogP contribution in [0.3, 0.4) is 0 Å². The molecular weight excluding hydrogens is 272 g/mol. The summed E-state index contributed by atoms with van der Waals surface area (Å²) >= 11 is 2.05. The van der Waals surface area contributed by atoms with Crippen molar-refractivity contribution in [2.24, 2.45) is 17.8 Å². The smallest absolute Gasteiger partial charge is 0.309 e. The van der Waals surface area contributed by atoms with Crippen LogP contribution in [0.1, 0.15) is 46.0 Å². The van der Waals surface area contributed by atoms with Gasteiger partial charge < -0.3 is 9.47 Å². The molecule has 0 bridgehead atoms. The van der Waals surface area contributed by atoms with E-state index in [2.05, 4.69) is 13.8 Å². The lowest BCUT2D eigenvalue weighted by molar-refractivity contribution is -0.158. The molecule has 2 heterocycles. The lowest BCUT2D eigenvalue weighted by atomic mass is 9.77. The molecular formula is C16H24O3S. The number of hydrogen-bond acceptors (Lipinski definition) is 4. The number of epoxide rings is 1. The molecule has 2 aliphatic carbocycles. The second-order valence-electron chi connectivity index (χ2n) is 7.19. The number of ether oxygens (including phenoxy) is 2. The molecule has 0 aromatic carbocycles. The van der Waals surface area contributed by atoms with E-state index in [4.69, 9.17) is 9.47 Å². The second-order valence-corrected chi connectivity index (χ2v) is 8.67. The van der Waals surface area contributed by atoms with Crippen LogP contribution < -0.4 is 0 Å². The number of carbonyl (C=O) groups is 1. The van der Waals surface area contributed by atoms with E-state index in [1.807, 2.05) is 11.8 Å². The van der Waals surface area contributed by atoms with Gasteiger partial charge in [0.25, 0.3) is 0 Å². The Labute approximate surface area is 125 Å². The third-order valence-corrected chi connectivity index (χ3v) is 7.24. The van der Waals surface area contributed by atoms with E-state index in [0.717, 1.165) is 36.2 Å². The quantitative estimate of drug-likeness (QED) is 0.593. The van der Waals surface area contributed by atoms with Crippen LogP contribution in [0.15, 0.2) is 0 Å². The molecule has 0 amide bonds. The van der Waals surface area contributed by atoms with Crippen LogP contribution in [0.5, 0.6) is 0 Å². The molecule has 4 heteroatoms. The lowest BCUT2D eigenvalue weighted by Gasteiger charge is -2.32. The highest BCUT2D eigenvalue weighted by molar-refractivity contribution is 8.07. The SMILES string of the molecule is CC1CC2OC2CC1C(C)OC(=O)C1CCC2SC2C1. The molecule has 0 aromatic rings. The number of carbonyl (C=O) groups excluding carboxylic acids is 1. The minimum absolute atomic E-state index is 0.0484. The summed E-state index contributed by atoms with van der Waals surface area (Å²) in [5.41, 5.74) is 0. The number of thioether (sulfide) groups is 1. The Bertz CT molecular complexity index is 413. The molecule has 0 spiro atoms. The molecule has 2 saturated heterocycles. The van der Waals surface area contributed by atoms with Crippen molar-refractivity contribution in [3.8, 4) is 0 Å². The first-order valence-electron chi connectivity index (χ1n) is 8.13. The van der Waals surface area contributed by atoms with Crippen LogP contribution >= 0.6 is 11.8 Å². The van der Waals surface area contributed by atoms with E-state index in [9.17, 15) is 4.79 Å². The maximum atomic E-state index is 12.4. The Morgan fingerprint density at radius 3 is 2.80 bits per heavy atom. The molecule has 0 N–H and O–H groups in total. The van der Waals surface area contributed by atoms with E-state index in [1.54, 1.807) is 0 Å². The van der Waals surface area contributed by atoms with Gasteiger partial charge in [-0.3, -0.25) is 4.79 Å². The Morgan fingerprint density at radius 1 is 1.20 bits per heavy atom. The van der Waals surface area contributed by atoms with Crippen LogP contribution in [-0.4, -0.2) is 34.8 Å². The third kappa shape index (κ3) is 2.50. The molecule has 8 unspecified atom stereocenters. The van der Waals surface area contributed by atoms with Gasteiger partial charge in [-0.1, -0.05) is 6.92 Å². The molecule has 2 saturated carbocycles. The van der Waals surface area contributed by atoms with Gasteiger partial charge in [-0.25, -0.2) is 0 Å². The van der Waals surface area contributed by atoms with E-state index in [0.29, 0.717) is 24.0 Å². The van der Waals surface area contributed by atoms with Gasteiger partial charge >= 0.3 is 5.97 Å². The van der Waals surface area contributed by atoms with Crippen LogP contribution in [0, 0.1) is 17.8 Å².